The number of halogens is 1. The number of hydrogen-bond donors (Lipinski definition) is 2. The van der Waals surface area contributed by atoms with Crippen LogP contribution in [-0.2, 0) is 0 Å². The van der Waals surface area contributed by atoms with Gasteiger partial charge in [-0.1, -0.05) is 11.6 Å². The van der Waals surface area contributed by atoms with Crippen LogP contribution in [0.5, 0.6) is 0 Å². The highest BCUT2D eigenvalue weighted by atomic mass is 35.5. The molecule has 0 atom stereocenters. The third kappa shape index (κ3) is 1.25. The zero-order chi connectivity index (χ0) is 9.42. The van der Waals surface area contributed by atoms with Crippen LogP contribution in [0.15, 0.2) is 18.3 Å². The van der Waals surface area contributed by atoms with Gasteiger partial charge in [-0.3, -0.25) is 0 Å². The molecule has 4 nitrogen and oxygen atoms in total. The summed E-state index contributed by atoms with van der Waals surface area (Å²) in [7, 11) is 0. The minimum absolute atomic E-state index is 0.0444. The summed E-state index contributed by atoms with van der Waals surface area (Å²) in [5, 5.41) is 9.04. The second kappa shape index (κ2) is 2.74. The number of aromatic nitrogens is 2. The van der Waals surface area contributed by atoms with Gasteiger partial charge in [0.25, 0.3) is 0 Å². The summed E-state index contributed by atoms with van der Waals surface area (Å²) in [6.45, 7) is 0. The van der Waals surface area contributed by atoms with Gasteiger partial charge in [-0.2, -0.15) is 0 Å². The lowest BCUT2D eigenvalue weighted by atomic mass is 10.3. The van der Waals surface area contributed by atoms with E-state index in [9.17, 15) is 4.79 Å². The quantitative estimate of drug-likeness (QED) is 0.732. The van der Waals surface area contributed by atoms with Gasteiger partial charge in [-0.25, -0.2) is 9.78 Å². The van der Waals surface area contributed by atoms with E-state index in [4.69, 9.17) is 16.7 Å². The molecule has 0 aliphatic rings. The van der Waals surface area contributed by atoms with E-state index in [0.29, 0.717) is 16.1 Å². The van der Waals surface area contributed by atoms with Gasteiger partial charge in [0.2, 0.25) is 0 Å². The normalized spacial score (nSPS) is 10.5. The molecule has 66 valence electrons. The van der Waals surface area contributed by atoms with Gasteiger partial charge in [-0.05, 0) is 12.1 Å². The van der Waals surface area contributed by atoms with Gasteiger partial charge in [-0.15, -0.1) is 0 Å². The third-order valence-electron chi connectivity index (χ3n) is 1.69. The number of hydrogen-bond acceptors (Lipinski definition) is 2. The van der Waals surface area contributed by atoms with Crippen molar-refractivity contribution in [3.05, 3.63) is 29.0 Å². The Hall–Kier alpha value is -1.55. The van der Waals surface area contributed by atoms with Crippen molar-refractivity contribution >= 4 is 28.6 Å². The molecule has 0 spiro atoms. The molecule has 0 saturated carbocycles. The number of rotatable bonds is 1. The van der Waals surface area contributed by atoms with Crippen molar-refractivity contribution in [3.63, 3.8) is 0 Å². The Balaban J connectivity index is 2.77. The van der Waals surface area contributed by atoms with Crippen molar-refractivity contribution < 1.29 is 9.90 Å². The summed E-state index contributed by atoms with van der Waals surface area (Å²) in [5.41, 5.74) is 1.17. The first-order valence-corrected chi connectivity index (χ1v) is 3.93. The van der Waals surface area contributed by atoms with Crippen LogP contribution in [0.3, 0.4) is 0 Å². The van der Waals surface area contributed by atoms with Gasteiger partial charge in [0, 0.05) is 6.20 Å². The van der Waals surface area contributed by atoms with Crippen molar-refractivity contribution in [2.45, 2.75) is 0 Å². The molecule has 13 heavy (non-hydrogen) atoms. The van der Waals surface area contributed by atoms with Crippen LogP contribution in [0.1, 0.15) is 10.5 Å². The Morgan fingerprint density at radius 3 is 3.08 bits per heavy atom. The number of aromatic amines is 1. The number of carboxylic acid groups (broad SMARTS) is 1. The summed E-state index contributed by atoms with van der Waals surface area (Å²) in [5.74, 6) is -1.08. The molecule has 2 aromatic rings. The van der Waals surface area contributed by atoms with E-state index >= 15 is 0 Å². The zero-order valence-electron chi connectivity index (χ0n) is 6.41. The highest BCUT2D eigenvalue weighted by Gasteiger charge is 2.09. The monoisotopic (exact) mass is 196 g/mol. The maximum atomic E-state index is 10.6. The average Bonchev–Trinajstić information content (AvgIpc) is 2.51. The first-order chi connectivity index (χ1) is 6.18. The lowest BCUT2D eigenvalue weighted by Crippen LogP contribution is -1.99. The second-order valence-electron chi connectivity index (χ2n) is 2.53. The number of carbonyl (C=O) groups is 1. The van der Waals surface area contributed by atoms with Crippen LogP contribution in [0.2, 0.25) is 5.02 Å². The van der Waals surface area contributed by atoms with Gasteiger partial charge < -0.3 is 10.1 Å². The van der Waals surface area contributed by atoms with Crippen LogP contribution in [0, 0.1) is 0 Å². The number of carboxylic acids is 1. The van der Waals surface area contributed by atoms with E-state index in [1.807, 2.05) is 0 Å². The molecule has 0 aromatic carbocycles. The Morgan fingerprint density at radius 2 is 2.38 bits per heavy atom. The van der Waals surface area contributed by atoms with E-state index in [2.05, 4.69) is 9.97 Å². The Kier molecular flexibility index (Phi) is 1.70. The molecule has 0 unspecified atom stereocenters. The first-order valence-electron chi connectivity index (χ1n) is 3.55. The molecule has 0 saturated heterocycles. The van der Waals surface area contributed by atoms with Crippen molar-refractivity contribution in [1.82, 2.24) is 9.97 Å². The molecule has 0 aliphatic heterocycles. The topological polar surface area (TPSA) is 66.0 Å². The van der Waals surface area contributed by atoms with Crippen LogP contribution >= 0.6 is 11.6 Å². The number of nitrogens with zero attached hydrogens (tertiary/aromatic N) is 1. The van der Waals surface area contributed by atoms with Gasteiger partial charge in [0.1, 0.15) is 0 Å². The SMILES string of the molecule is O=C(O)c1cc(Cl)c2[nH]ccc2n1. The Labute approximate surface area is 78.2 Å². The molecular weight excluding hydrogens is 192 g/mol. The number of H-pyrrole nitrogens is 1. The average molecular weight is 197 g/mol. The van der Waals surface area contributed by atoms with E-state index in [1.165, 1.54) is 6.07 Å². The second-order valence-corrected chi connectivity index (χ2v) is 2.94. The van der Waals surface area contributed by atoms with E-state index < -0.39 is 5.97 Å². The predicted molar refractivity (Wildman–Crippen MR) is 48.1 cm³/mol. The molecule has 0 fully saturated rings. The van der Waals surface area contributed by atoms with E-state index in [0.717, 1.165) is 0 Å². The van der Waals surface area contributed by atoms with Crippen molar-refractivity contribution in [3.8, 4) is 0 Å². The van der Waals surface area contributed by atoms with Crippen molar-refractivity contribution in [2.24, 2.45) is 0 Å². The molecule has 2 rings (SSSR count). The van der Waals surface area contributed by atoms with Crippen LogP contribution in [0.25, 0.3) is 11.0 Å². The van der Waals surface area contributed by atoms with Gasteiger partial charge >= 0.3 is 5.97 Å². The van der Waals surface area contributed by atoms with Crippen LogP contribution in [0.4, 0.5) is 0 Å². The molecule has 2 heterocycles. The molecule has 0 bridgehead atoms. The number of pyridine rings is 1. The molecule has 2 N–H and O–H groups in total. The largest absolute Gasteiger partial charge is 0.477 e. The summed E-state index contributed by atoms with van der Waals surface area (Å²) >= 11 is 5.81. The minimum atomic E-state index is -1.08. The van der Waals surface area contributed by atoms with E-state index in [1.54, 1.807) is 12.3 Å². The molecule has 5 heteroatoms. The van der Waals surface area contributed by atoms with E-state index in [-0.39, 0.29) is 5.69 Å². The smallest absolute Gasteiger partial charge is 0.354 e. The Bertz CT molecular complexity index is 478. The highest BCUT2D eigenvalue weighted by Crippen LogP contribution is 2.21. The maximum Gasteiger partial charge on any atom is 0.354 e. The van der Waals surface area contributed by atoms with Gasteiger partial charge in [0.15, 0.2) is 5.69 Å². The van der Waals surface area contributed by atoms with Crippen molar-refractivity contribution in [1.29, 1.82) is 0 Å². The summed E-state index contributed by atoms with van der Waals surface area (Å²) in [6, 6.07) is 3.00. The van der Waals surface area contributed by atoms with Crippen LogP contribution in [-0.4, -0.2) is 21.0 Å². The summed E-state index contributed by atoms with van der Waals surface area (Å²) < 4.78 is 0. The molecule has 0 amide bonds. The molecule has 0 aliphatic carbocycles. The molecule has 0 radical (unpaired) electrons. The fourth-order valence-electron chi connectivity index (χ4n) is 1.11. The maximum absolute atomic E-state index is 10.6. The predicted octanol–water partition coefficient (Wildman–Crippen LogP) is 1.91. The third-order valence-corrected chi connectivity index (χ3v) is 1.99. The summed E-state index contributed by atoms with van der Waals surface area (Å²) in [4.78, 5) is 17.3. The first kappa shape index (κ1) is 8.07. The van der Waals surface area contributed by atoms with Crippen molar-refractivity contribution in [2.75, 3.05) is 0 Å². The lowest BCUT2D eigenvalue weighted by Gasteiger charge is -1.96. The summed E-state index contributed by atoms with van der Waals surface area (Å²) in [6.07, 6.45) is 1.66. The van der Waals surface area contributed by atoms with Crippen LogP contribution < -0.4 is 0 Å². The zero-order valence-corrected chi connectivity index (χ0v) is 7.17. The fraction of sp³-hybridized carbons (Fsp3) is 0. The standard InChI is InChI=1S/C8H5ClN2O2/c9-4-3-6(8(12)13)11-5-1-2-10-7(4)5/h1-3,10H,(H,12,13). The van der Waals surface area contributed by atoms with Gasteiger partial charge in [0.05, 0.1) is 16.1 Å². The highest BCUT2D eigenvalue weighted by molar-refractivity contribution is 6.35. The lowest BCUT2D eigenvalue weighted by molar-refractivity contribution is 0.0691. The minimum Gasteiger partial charge on any atom is -0.477 e. The molecular formula is C8H5ClN2O2. The number of aromatic carboxylic acids is 1. The molecule has 2 aromatic heterocycles. The Morgan fingerprint density at radius 1 is 1.62 bits per heavy atom. The number of fused-ring (bicyclic) bond motifs is 1. The number of nitrogens with one attached hydrogen (secondary N) is 1. The fourth-order valence-corrected chi connectivity index (χ4v) is 1.36.